The van der Waals surface area contributed by atoms with E-state index in [1.165, 1.54) is 18.2 Å². The molecule has 134 valence electrons. The summed E-state index contributed by atoms with van der Waals surface area (Å²) < 4.78 is 18.5. The standard InChI is InChI=1S/C16H16ClFN2O4S/c1-16(2,3)24-15(23)20-14-19-11(7-12(21)22)13(25-14)8-4-5-10(18)9(17)6-8/h4-6H,7H2,1-3H3,(H,21,22)(H,19,20,23). The largest absolute Gasteiger partial charge is 0.481 e. The number of thiazole rings is 1. The zero-order valence-electron chi connectivity index (χ0n) is 13.7. The van der Waals surface area contributed by atoms with Crippen LogP contribution in [0.25, 0.3) is 10.4 Å². The SMILES string of the molecule is CC(C)(C)OC(=O)Nc1nc(CC(=O)O)c(-c2ccc(F)c(Cl)c2)s1. The summed E-state index contributed by atoms with van der Waals surface area (Å²) in [5, 5.41) is 11.6. The Hall–Kier alpha value is -2.19. The molecule has 2 rings (SSSR count). The Balaban J connectivity index is 2.35. The van der Waals surface area contributed by atoms with Crippen molar-refractivity contribution in [1.29, 1.82) is 0 Å². The molecule has 2 aromatic rings. The third-order valence-corrected chi connectivity index (χ3v) is 4.16. The minimum Gasteiger partial charge on any atom is -0.481 e. The Labute approximate surface area is 152 Å². The van der Waals surface area contributed by atoms with Crippen LogP contribution in [-0.2, 0) is 16.0 Å². The molecule has 0 saturated heterocycles. The van der Waals surface area contributed by atoms with Gasteiger partial charge in [-0.3, -0.25) is 10.1 Å². The van der Waals surface area contributed by atoms with Crippen LogP contribution in [0.5, 0.6) is 0 Å². The molecule has 2 N–H and O–H groups in total. The van der Waals surface area contributed by atoms with Crippen LogP contribution in [0.15, 0.2) is 18.2 Å². The van der Waals surface area contributed by atoms with Crippen molar-refractivity contribution in [3.63, 3.8) is 0 Å². The van der Waals surface area contributed by atoms with Crippen molar-refractivity contribution >= 4 is 40.1 Å². The number of carbonyl (C=O) groups excluding carboxylic acids is 1. The highest BCUT2D eigenvalue weighted by molar-refractivity contribution is 7.19. The van der Waals surface area contributed by atoms with Crippen molar-refractivity contribution in [2.24, 2.45) is 0 Å². The Morgan fingerprint density at radius 2 is 2.08 bits per heavy atom. The fourth-order valence-corrected chi connectivity index (χ4v) is 3.07. The molecule has 0 aliphatic rings. The molecule has 0 spiro atoms. The van der Waals surface area contributed by atoms with Crippen LogP contribution in [0.2, 0.25) is 5.02 Å². The molecule has 0 atom stereocenters. The van der Waals surface area contributed by atoms with Crippen LogP contribution in [0.1, 0.15) is 26.5 Å². The lowest BCUT2D eigenvalue weighted by Gasteiger charge is -2.18. The first-order valence-corrected chi connectivity index (χ1v) is 8.41. The Kier molecular flexibility index (Phi) is 5.64. The van der Waals surface area contributed by atoms with Crippen molar-refractivity contribution in [3.8, 4) is 10.4 Å². The van der Waals surface area contributed by atoms with Crippen molar-refractivity contribution in [3.05, 3.63) is 34.7 Å². The van der Waals surface area contributed by atoms with E-state index >= 15 is 0 Å². The molecule has 1 aromatic carbocycles. The fourth-order valence-electron chi connectivity index (χ4n) is 1.92. The topological polar surface area (TPSA) is 88.5 Å². The zero-order chi connectivity index (χ0) is 18.8. The highest BCUT2D eigenvalue weighted by atomic mass is 35.5. The molecular weight excluding hydrogens is 371 g/mol. The first-order chi connectivity index (χ1) is 11.5. The molecule has 0 saturated carbocycles. The average Bonchev–Trinajstić information content (AvgIpc) is 2.81. The first kappa shape index (κ1) is 19.1. The third kappa shape index (κ3) is 5.40. The molecule has 0 radical (unpaired) electrons. The molecule has 9 heteroatoms. The smallest absolute Gasteiger partial charge is 0.413 e. The predicted octanol–water partition coefficient (Wildman–Crippen LogP) is 4.58. The molecule has 0 fully saturated rings. The van der Waals surface area contributed by atoms with E-state index in [0.29, 0.717) is 10.4 Å². The third-order valence-electron chi connectivity index (χ3n) is 2.81. The van der Waals surface area contributed by atoms with Crippen molar-refractivity contribution in [2.75, 3.05) is 5.32 Å². The molecule has 6 nitrogen and oxygen atoms in total. The number of anilines is 1. The Bertz CT molecular complexity index is 817. The van der Waals surface area contributed by atoms with Crippen molar-refractivity contribution in [2.45, 2.75) is 32.8 Å². The number of carboxylic acids is 1. The van der Waals surface area contributed by atoms with Gasteiger partial charge in [0.15, 0.2) is 5.13 Å². The van der Waals surface area contributed by atoms with Crippen LogP contribution in [0.3, 0.4) is 0 Å². The maximum atomic E-state index is 13.3. The number of aromatic nitrogens is 1. The molecule has 25 heavy (non-hydrogen) atoms. The lowest BCUT2D eigenvalue weighted by atomic mass is 10.1. The van der Waals surface area contributed by atoms with E-state index in [9.17, 15) is 14.0 Å². The van der Waals surface area contributed by atoms with E-state index in [1.807, 2.05) is 0 Å². The van der Waals surface area contributed by atoms with E-state index < -0.39 is 23.5 Å². The van der Waals surface area contributed by atoms with Crippen LogP contribution >= 0.6 is 22.9 Å². The molecule has 1 amide bonds. The number of carbonyl (C=O) groups is 2. The number of hydrogen-bond donors (Lipinski definition) is 2. The minimum atomic E-state index is -1.08. The van der Waals surface area contributed by atoms with Crippen LogP contribution < -0.4 is 5.32 Å². The van der Waals surface area contributed by atoms with Crippen molar-refractivity contribution < 1.29 is 23.8 Å². The molecule has 0 aliphatic heterocycles. The van der Waals surface area contributed by atoms with E-state index in [2.05, 4.69) is 10.3 Å². The number of aliphatic carboxylic acids is 1. The fraction of sp³-hybridized carbons (Fsp3) is 0.312. The van der Waals surface area contributed by atoms with E-state index in [4.69, 9.17) is 21.4 Å². The van der Waals surface area contributed by atoms with Gasteiger partial charge in [-0.25, -0.2) is 14.2 Å². The number of halogens is 2. The monoisotopic (exact) mass is 386 g/mol. The van der Waals surface area contributed by atoms with Gasteiger partial charge >= 0.3 is 12.1 Å². The maximum Gasteiger partial charge on any atom is 0.413 e. The highest BCUT2D eigenvalue weighted by Crippen LogP contribution is 2.35. The first-order valence-electron chi connectivity index (χ1n) is 7.22. The average molecular weight is 387 g/mol. The van der Waals surface area contributed by atoms with E-state index in [-0.39, 0.29) is 22.3 Å². The zero-order valence-corrected chi connectivity index (χ0v) is 15.3. The molecule has 1 aromatic heterocycles. The number of benzene rings is 1. The molecule has 0 aliphatic carbocycles. The van der Waals surface area contributed by atoms with Gasteiger partial charge in [0, 0.05) is 0 Å². The van der Waals surface area contributed by atoms with Crippen LogP contribution in [-0.4, -0.2) is 27.8 Å². The number of carboxylic acid groups (broad SMARTS) is 1. The number of nitrogens with zero attached hydrogens (tertiary/aromatic N) is 1. The number of nitrogens with one attached hydrogen (secondary N) is 1. The second-order valence-corrected chi connectivity index (χ2v) is 7.53. The number of amides is 1. The van der Waals surface area contributed by atoms with Gasteiger partial charge in [0.25, 0.3) is 0 Å². The summed E-state index contributed by atoms with van der Waals surface area (Å²) in [6.07, 6.45) is -1.05. The number of ether oxygens (including phenoxy) is 1. The highest BCUT2D eigenvalue weighted by Gasteiger charge is 2.21. The van der Waals surface area contributed by atoms with E-state index in [0.717, 1.165) is 11.3 Å². The summed E-state index contributed by atoms with van der Waals surface area (Å²) in [5.41, 5.74) is 0.0714. The van der Waals surface area contributed by atoms with Gasteiger partial charge < -0.3 is 9.84 Å². The van der Waals surface area contributed by atoms with Gasteiger partial charge in [-0.2, -0.15) is 0 Å². The summed E-state index contributed by atoms with van der Waals surface area (Å²) in [4.78, 5) is 27.5. The van der Waals surface area contributed by atoms with Gasteiger partial charge in [-0.15, -0.1) is 0 Å². The van der Waals surface area contributed by atoms with Crippen LogP contribution in [0.4, 0.5) is 14.3 Å². The molecule has 1 heterocycles. The normalized spacial score (nSPS) is 11.2. The minimum absolute atomic E-state index is 0.0890. The lowest BCUT2D eigenvalue weighted by Crippen LogP contribution is -2.27. The maximum absolute atomic E-state index is 13.3. The lowest BCUT2D eigenvalue weighted by molar-refractivity contribution is -0.136. The summed E-state index contributed by atoms with van der Waals surface area (Å²) in [5.74, 6) is -1.66. The number of hydrogen-bond acceptors (Lipinski definition) is 5. The Morgan fingerprint density at radius 1 is 1.40 bits per heavy atom. The van der Waals surface area contributed by atoms with Crippen LogP contribution in [0, 0.1) is 5.82 Å². The molecular formula is C16H16ClFN2O4S. The summed E-state index contributed by atoms with van der Waals surface area (Å²) in [6.45, 7) is 5.16. The second kappa shape index (κ2) is 7.37. The van der Waals surface area contributed by atoms with Gasteiger partial charge in [0.05, 0.1) is 22.0 Å². The second-order valence-electron chi connectivity index (χ2n) is 6.12. The summed E-state index contributed by atoms with van der Waals surface area (Å²) >= 11 is 6.84. The molecule has 0 bridgehead atoms. The van der Waals surface area contributed by atoms with Gasteiger partial charge in [-0.1, -0.05) is 29.0 Å². The van der Waals surface area contributed by atoms with Gasteiger partial charge in [0.2, 0.25) is 0 Å². The predicted molar refractivity (Wildman–Crippen MR) is 93.7 cm³/mol. The molecule has 0 unspecified atom stereocenters. The van der Waals surface area contributed by atoms with Crippen molar-refractivity contribution in [1.82, 2.24) is 4.98 Å². The summed E-state index contributed by atoms with van der Waals surface area (Å²) in [7, 11) is 0. The van der Waals surface area contributed by atoms with Gasteiger partial charge in [0.1, 0.15) is 11.4 Å². The quantitative estimate of drug-likeness (QED) is 0.803. The summed E-state index contributed by atoms with van der Waals surface area (Å²) in [6, 6.07) is 4.03. The van der Waals surface area contributed by atoms with Gasteiger partial charge in [-0.05, 0) is 38.5 Å². The number of rotatable bonds is 4. The van der Waals surface area contributed by atoms with E-state index in [1.54, 1.807) is 20.8 Å². The Morgan fingerprint density at radius 3 is 2.64 bits per heavy atom.